The number of nitrogens with zero attached hydrogens (tertiary/aromatic N) is 2. The van der Waals surface area contributed by atoms with Crippen molar-refractivity contribution in [3.63, 3.8) is 0 Å². The molecule has 0 aliphatic heterocycles. The molecule has 3 heteroatoms. The van der Waals surface area contributed by atoms with Gasteiger partial charge in [0.25, 0.3) is 0 Å². The molecule has 1 heterocycles. The maximum Gasteiger partial charge on any atom is 0.0597 e. The molecule has 1 aliphatic rings. The standard InChI is InChI=1S/C13H23N3/c1-10-9-12(16(2)15-10)13(14)11-7-5-3-4-6-8-11/h9,11,13H,3-8,14H2,1-2H3. The highest BCUT2D eigenvalue weighted by atomic mass is 15.3. The summed E-state index contributed by atoms with van der Waals surface area (Å²) in [6.07, 6.45) is 8.02. The fourth-order valence-corrected chi connectivity index (χ4v) is 2.85. The largest absolute Gasteiger partial charge is 0.322 e. The van der Waals surface area contributed by atoms with Crippen LogP contribution in [0.15, 0.2) is 6.07 Å². The Morgan fingerprint density at radius 3 is 2.44 bits per heavy atom. The van der Waals surface area contributed by atoms with E-state index in [2.05, 4.69) is 11.2 Å². The van der Waals surface area contributed by atoms with Gasteiger partial charge in [-0.1, -0.05) is 25.7 Å². The molecule has 1 atom stereocenters. The summed E-state index contributed by atoms with van der Waals surface area (Å²) >= 11 is 0. The third-order valence-corrected chi connectivity index (χ3v) is 3.79. The Labute approximate surface area is 98.0 Å². The van der Waals surface area contributed by atoms with E-state index in [0.717, 1.165) is 5.69 Å². The molecule has 3 nitrogen and oxygen atoms in total. The molecule has 0 saturated heterocycles. The van der Waals surface area contributed by atoms with Gasteiger partial charge in [0.05, 0.1) is 11.4 Å². The molecule has 0 spiro atoms. The molecule has 0 bridgehead atoms. The monoisotopic (exact) mass is 221 g/mol. The van der Waals surface area contributed by atoms with Gasteiger partial charge in [-0.15, -0.1) is 0 Å². The number of hydrogen-bond acceptors (Lipinski definition) is 2. The SMILES string of the molecule is Cc1cc(C(N)C2CCCCCC2)n(C)n1. The van der Waals surface area contributed by atoms with Crippen molar-refractivity contribution in [1.82, 2.24) is 9.78 Å². The first kappa shape index (κ1) is 11.6. The lowest BCUT2D eigenvalue weighted by atomic mass is 9.90. The van der Waals surface area contributed by atoms with Gasteiger partial charge in [0, 0.05) is 13.1 Å². The van der Waals surface area contributed by atoms with E-state index in [1.807, 2.05) is 18.7 Å². The fraction of sp³-hybridized carbons (Fsp3) is 0.769. The van der Waals surface area contributed by atoms with Crippen molar-refractivity contribution in [1.29, 1.82) is 0 Å². The zero-order valence-corrected chi connectivity index (χ0v) is 10.4. The van der Waals surface area contributed by atoms with Crippen LogP contribution < -0.4 is 5.73 Å². The van der Waals surface area contributed by atoms with Crippen molar-refractivity contribution >= 4 is 0 Å². The average Bonchev–Trinajstić information content (AvgIpc) is 2.49. The molecule has 2 N–H and O–H groups in total. The quantitative estimate of drug-likeness (QED) is 0.780. The van der Waals surface area contributed by atoms with E-state index in [-0.39, 0.29) is 6.04 Å². The molecule has 2 rings (SSSR count). The van der Waals surface area contributed by atoms with Gasteiger partial charge >= 0.3 is 0 Å². The second kappa shape index (κ2) is 5.00. The summed E-state index contributed by atoms with van der Waals surface area (Å²) in [4.78, 5) is 0. The Kier molecular flexibility index (Phi) is 3.64. The van der Waals surface area contributed by atoms with Gasteiger partial charge in [0.2, 0.25) is 0 Å². The molecule has 90 valence electrons. The smallest absolute Gasteiger partial charge is 0.0597 e. The topological polar surface area (TPSA) is 43.8 Å². The van der Waals surface area contributed by atoms with E-state index in [1.165, 1.54) is 44.2 Å². The van der Waals surface area contributed by atoms with Crippen LogP contribution in [0.2, 0.25) is 0 Å². The van der Waals surface area contributed by atoms with Crippen LogP contribution in [0.4, 0.5) is 0 Å². The Morgan fingerprint density at radius 2 is 1.94 bits per heavy atom. The molecule has 1 aromatic heterocycles. The number of hydrogen-bond donors (Lipinski definition) is 1. The van der Waals surface area contributed by atoms with E-state index in [9.17, 15) is 0 Å². The van der Waals surface area contributed by atoms with Crippen LogP contribution in [0.5, 0.6) is 0 Å². The van der Waals surface area contributed by atoms with Crippen molar-refractivity contribution in [2.24, 2.45) is 18.7 Å². The van der Waals surface area contributed by atoms with Crippen molar-refractivity contribution in [2.45, 2.75) is 51.5 Å². The van der Waals surface area contributed by atoms with Crippen LogP contribution in [0.3, 0.4) is 0 Å². The van der Waals surface area contributed by atoms with Gasteiger partial charge in [0.15, 0.2) is 0 Å². The van der Waals surface area contributed by atoms with Crippen LogP contribution >= 0.6 is 0 Å². The predicted molar refractivity (Wildman–Crippen MR) is 66.1 cm³/mol. The summed E-state index contributed by atoms with van der Waals surface area (Å²) in [5.74, 6) is 0.650. The van der Waals surface area contributed by atoms with Gasteiger partial charge in [0.1, 0.15) is 0 Å². The molecule has 16 heavy (non-hydrogen) atoms. The zero-order chi connectivity index (χ0) is 11.5. The molecule has 1 unspecified atom stereocenters. The maximum atomic E-state index is 6.39. The van der Waals surface area contributed by atoms with Crippen molar-refractivity contribution in [3.05, 3.63) is 17.5 Å². The molecule has 1 fully saturated rings. The first-order valence-electron chi connectivity index (χ1n) is 6.44. The normalized spacial score (nSPS) is 20.7. The van der Waals surface area contributed by atoms with Crippen LogP contribution in [0.1, 0.15) is 56.0 Å². The molecule has 0 amide bonds. The third-order valence-electron chi connectivity index (χ3n) is 3.79. The minimum absolute atomic E-state index is 0.171. The van der Waals surface area contributed by atoms with Gasteiger partial charge in [-0.2, -0.15) is 5.10 Å². The van der Waals surface area contributed by atoms with Crippen molar-refractivity contribution < 1.29 is 0 Å². The van der Waals surface area contributed by atoms with E-state index in [4.69, 9.17) is 5.73 Å². The number of aromatic nitrogens is 2. The molecule has 0 radical (unpaired) electrons. The highest BCUT2D eigenvalue weighted by molar-refractivity contribution is 5.13. The summed E-state index contributed by atoms with van der Waals surface area (Å²) < 4.78 is 1.95. The van der Waals surface area contributed by atoms with Crippen molar-refractivity contribution in [2.75, 3.05) is 0 Å². The van der Waals surface area contributed by atoms with Crippen LogP contribution in [0.25, 0.3) is 0 Å². The minimum atomic E-state index is 0.171. The highest BCUT2D eigenvalue weighted by Crippen LogP contribution is 2.31. The summed E-state index contributed by atoms with van der Waals surface area (Å²) in [6, 6.07) is 2.31. The average molecular weight is 221 g/mol. The molecule has 1 saturated carbocycles. The lowest BCUT2D eigenvalue weighted by Crippen LogP contribution is -2.23. The van der Waals surface area contributed by atoms with E-state index in [0.29, 0.717) is 5.92 Å². The Balaban J connectivity index is 2.10. The summed E-state index contributed by atoms with van der Waals surface area (Å²) in [5.41, 5.74) is 8.66. The zero-order valence-electron chi connectivity index (χ0n) is 10.4. The van der Waals surface area contributed by atoms with Gasteiger partial charge in [-0.3, -0.25) is 4.68 Å². The van der Waals surface area contributed by atoms with E-state index < -0.39 is 0 Å². The van der Waals surface area contributed by atoms with Crippen molar-refractivity contribution in [3.8, 4) is 0 Å². The third kappa shape index (κ3) is 2.46. The van der Waals surface area contributed by atoms with Crippen LogP contribution in [-0.4, -0.2) is 9.78 Å². The molecule has 0 aromatic carbocycles. The lowest BCUT2D eigenvalue weighted by molar-refractivity contribution is 0.368. The molecule has 1 aromatic rings. The molecular formula is C13H23N3. The highest BCUT2D eigenvalue weighted by Gasteiger charge is 2.23. The Bertz CT molecular complexity index is 335. The minimum Gasteiger partial charge on any atom is -0.322 e. The lowest BCUT2D eigenvalue weighted by Gasteiger charge is -2.22. The molecule has 1 aliphatic carbocycles. The van der Waals surface area contributed by atoms with Gasteiger partial charge < -0.3 is 5.73 Å². The predicted octanol–water partition coefficient (Wildman–Crippen LogP) is 2.70. The first-order valence-corrected chi connectivity index (χ1v) is 6.44. The van der Waals surface area contributed by atoms with Crippen LogP contribution in [-0.2, 0) is 7.05 Å². The molecular weight excluding hydrogens is 198 g/mol. The van der Waals surface area contributed by atoms with Gasteiger partial charge in [-0.25, -0.2) is 0 Å². The number of nitrogens with two attached hydrogens (primary N) is 1. The second-order valence-electron chi connectivity index (χ2n) is 5.11. The summed E-state index contributed by atoms with van der Waals surface area (Å²) in [5, 5.41) is 4.39. The van der Waals surface area contributed by atoms with E-state index in [1.54, 1.807) is 0 Å². The maximum absolute atomic E-state index is 6.39. The Morgan fingerprint density at radius 1 is 1.31 bits per heavy atom. The second-order valence-corrected chi connectivity index (χ2v) is 5.11. The summed E-state index contributed by atoms with van der Waals surface area (Å²) in [7, 11) is 2.00. The van der Waals surface area contributed by atoms with E-state index >= 15 is 0 Å². The van der Waals surface area contributed by atoms with Crippen LogP contribution in [0, 0.1) is 12.8 Å². The summed E-state index contributed by atoms with van der Waals surface area (Å²) in [6.45, 7) is 2.03. The van der Waals surface area contributed by atoms with Gasteiger partial charge in [-0.05, 0) is 31.7 Å². The fourth-order valence-electron chi connectivity index (χ4n) is 2.85. The first-order chi connectivity index (χ1) is 7.68. The number of rotatable bonds is 2. The number of aryl methyl sites for hydroxylation is 2. The Hall–Kier alpha value is -0.830.